The molecule has 0 aromatic rings. The van der Waals surface area contributed by atoms with Gasteiger partial charge in [-0.1, -0.05) is 13.8 Å². The van der Waals surface area contributed by atoms with Gasteiger partial charge in [0.1, 0.15) is 0 Å². The average Bonchev–Trinajstić information content (AvgIpc) is 2.21. The van der Waals surface area contributed by atoms with Crippen LogP contribution >= 0.6 is 0 Å². The first kappa shape index (κ1) is 12.0. The number of rotatable bonds is 0. The van der Waals surface area contributed by atoms with Crippen molar-refractivity contribution >= 4 is 5.91 Å². The number of likely N-dealkylation sites (tertiary alicyclic amines) is 1. The van der Waals surface area contributed by atoms with Crippen LogP contribution in [0.1, 0.15) is 33.6 Å². The standard InChI is InChI=1S/C8H12N2O.C2H6/c1-7(11)10-4-2-8(6-9)3-5-10;1-2/h8H,2-5H2,1H3;1-2H3. The quantitative estimate of drug-likeness (QED) is 0.573. The third-order valence-corrected chi connectivity index (χ3v) is 2.12. The fraction of sp³-hybridized carbons (Fsp3) is 0.800. The van der Waals surface area contributed by atoms with Gasteiger partial charge in [-0.15, -0.1) is 0 Å². The summed E-state index contributed by atoms with van der Waals surface area (Å²) in [6, 6.07) is 2.23. The molecule has 0 spiro atoms. The maximum Gasteiger partial charge on any atom is 0.219 e. The molecular weight excluding hydrogens is 164 g/mol. The predicted molar refractivity (Wildman–Crippen MR) is 51.9 cm³/mol. The lowest BCUT2D eigenvalue weighted by molar-refractivity contribution is -0.129. The van der Waals surface area contributed by atoms with Crippen LogP contribution in [0, 0.1) is 17.2 Å². The minimum atomic E-state index is 0.126. The summed E-state index contributed by atoms with van der Waals surface area (Å²) in [5, 5.41) is 8.56. The van der Waals surface area contributed by atoms with Crippen molar-refractivity contribution in [1.29, 1.82) is 5.26 Å². The molecule has 1 fully saturated rings. The van der Waals surface area contributed by atoms with Crippen molar-refractivity contribution in [2.75, 3.05) is 13.1 Å². The second-order valence-electron chi connectivity index (χ2n) is 2.91. The summed E-state index contributed by atoms with van der Waals surface area (Å²) < 4.78 is 0. The first-order valence-corrected chi connectivity index (χ1v) is 4.89. The third kappa shape index (κ3) is 3.93. The molecule has 1 rings (SSSR count). The highest BCUT2D eigenvalue weighted by molar-refractivity contribution is 5.73. The highest BCUT2D eigenvalue weighted by atomic mass is 16.2. The SMILES string of the molecule is CC.CC(=O)N1CCC(C#N)CC1. The fourth-order valence-corrected chi connectivity index (χ4v) is 1.32. The monoisotopic (exact) mass is 182 g/mol. The van der Waals surface area contributed by atoms with Crippen LogP contribution in [0.4, 0.5) is 0 Å². The van der Waals surface area contributed by atoms with Crippen molar-refractivity contribution < 1.29 is 4.79 Å². The van der Waals surface area contributed by atoms with Crippen LogP contribution in [0.15, 0.2) is 0 Å². The van der Waals surface area contributed by atoms with Gasteiger partial charge in [-0.3, -0.25) is 4.79 Å². The molecule has 0 atom stereocenters. The second-order valence-corrected chi connectivity index (χ2v) is 2.91. The summed E-state index contributed by atoms with van der Waals surface area (Å²) >= 11 is 0. The third-order valence-electron chi connectivity index (χ3n) is 2.12. The molecule has 1 heterocycles. The number of hydrogen-bond donors (Lipinski definition) is 0. The molecule has 1 aliphatic heterocycles. The Labute approximate surface area is 80.3 Å². The van der Waals surface area contributed by atoms with E-state index in [9.17, 15) is 4.79 Å². The Kier molecular flexibility index (Phi) is 5.96. The van der Waals surface area contributed by atoms with Crippen molar-refractivity contribution in [1.82, 2.24) is 4.90 Å². The van der Waals surface area contributed by atoms with E-state index in [1.165, 1.54) is 0 Å². The Morgan fingerprint density at radius 2 is 1.85 bits per heavy atom. The van der Waals surface area contributed by atoms with Crippen molar-refractivity contribution in [3.05, 3.63) is 0 Å². The van der Waals surface area contributed by atoms with Crippen molar-refractivity contribution in [2.24, 2.45) is 5.92 Å². The first-order chi connectivity index (χ1) is 6.24. The lowest BCUT2D eigenvalue weighted by atomic mass is 9.99. The van der Waals surface area contributed by atoms with Gasteiger partial charge in [-0.2, -0.15) is 5.26 Å². The molecular formula is C10H18N2O. The summed E-state index contributed by atoms with van der Waals surface area (Å²) in [7, 11) is 0. The Balaban J connectivity index is 0.000000671. The van der Waals surface area contributed by atoms with Crippen LogP contribution in [0.25, 0.3) is 0 Å². The van der Waals surface area contributed by atoms with E-state index in [-0.39, 0.29) is 11.8 Å². The molecule has 0 aromatic heterocycles. The van der Waals surface area contributed by atoms with E-state index in [0.717, 1.165) is 25.9 Å². The average molecular weight is 182 g/mol. The summed E-state index contributed by atoms with van der Waals surface area (Å²) in [5.74, 6) is 0.298. The highest BCUT2D eigenvalue weighted by Crippen LogP contribution is 2.15. The van der Waals surface area contributed by atoms with Crippen LogP contribution in [-0.2, 0) is 4.79 Å². The fourth-order valence-electron chi connectivity index (χ4n) is 1.32. The number of hydrogen-bond acceptors (Lipinski definition) is 2. The maximum absolute atomic E-state index is 10.8. The van der Waals surface area contributed by atoms with E-state index in [0.29, 0.717) is 0 Å². The molecule has 0 aromatic carbocycles. The molecule has 13 heavy (non-hydrogen) atoms. The number of carbonyl (C=O) groups is 1. The molecule has 0 unspecified atom stereocenters. The van der Waals surface area contributed by atoms with Gasteiger partial charge in [0, 0.05) is 25.9 Å². The lowest BCUT2D eigenvalue weighted by Gasteiger charge is -2.27. The van der Waals surface area contributed by atoms with Gasteiger partial charge in [-0.25, -0.2) is 0 Å². The Morgan fingerprint density at radius 3 is 2.15 bits per heavy atom. The van der Waals surface area contributed by atoms with Gasteiger partial charge in [0.05, 0.1) is 6.07 Å². The Morgan fingerprint density at radius 1 is 1.38 bits per heavy atom. The summed E-state index contributed by atoms with van der Waals surface area (Å²) in [4.78, 5) is 12.6. The second kappa shape index (κ2) is 6.47. The van der Waals surface area contributed by atoms with Gasteiger partial charge in [0.25, 0.3) is 0 Å². The van der Waals surface area contributed by atoms with Gasteiger partial charge in [0.2, 0.25) is 5.91 Å². The van der Waals surface area contributed by atoms with E-state index in [1.54, 1.807) is 11.8 Å². The van der Waals surface area contributed by atoms with Crippen LogP contribution in [0.3, 0.4) is 0 Å². The summed E-state index contributed by atoms with van der Waals surface area (Å²) in [5.41, 5.74) is 0. The number of carbonyl (C=O) groups excluding carboxylic acids is 1. The zero-order valence-corrected chi connectivity index (χ0v) is 8.71. The van der Waals surface area contributed by atoms with E-state index in [1.807, 2.05) is 13.8 Å². The van der Waals surface area contributed by atoms with E-state index < -0.39 is 0 Å². The van der Waals surface area contributed by atoms with Gasteiger partial charge in [-0.05, 0) is 12.8 Å². The normalized spacial score (nSPS) is 16.9. The first-order valence-electron chi connectivity index (χ1n) is 4.89. The molecule has 1 saturated heterocycles. The number of nitrogens with zero attached hydrogens (tertiary/aromatic N) is 2. The molecule has 0 aliphatic carbocycles. The van der Waals surface area contributed by atoms with Gasteiger partial charge in [0.15, 0.2) is 0 Å². The molecule has 0 bridgehead atoms. The van der Waals surface area contributed by atoms with Crippen LogP contribution in [0.2, 0.25) is 0 Å². The predicted octanol–water partition coefficient (Wildman–Crippen LogP) is 1.79. The van der Waals surface area contributed by atoms with E-state index >= 15 is 0 Å². The number of piperidine rings is 1. The highest BCUT2D eigenvalue weighted by Gasteiger charge is 2.19. The molecule has 1 amide bonds. The van der Waals surface area contributed by atoms with Gasteiger partial charge >= 0.3 is 0 Å². The van der Waals surface area contributed by atoms with Crippen LogP contribution < -0.4 is 0 Å². The lowest BCUT2D eigenvalue weighted by Crippen LogP contribution is -2.36. The maximum atomic E-state index is 10.8. The molecule has 74 valence electrons. The largest absolute Gasteiger partial charge is 0.343 e. The summed E-state index contributed by atoms with van der Waals surface area (Å²) in [6.45, 7) is 7.09. The van der Waals surface area contributed by atoms with Crippen molar-refractivity contribution in [3.63, 3.8) is 0 Å². The zero-order valence-electron chi connectivity index (χ0n) is 8.71. The molecule has 0 radical (unpaired) electrons. The van der Waals surface area contributed by atoms with Crippen molar-refractivity contribution in [3.8, 4) is 6.07 Å². The van der Waals surface area contributed by atoms with Crippen LogP contribution in [-0.4, -0.2) is 23.9 Å². The van der Waals surface area contributed by atoms with Crippen molar-refractivity contribution in [2.45, 2.75) is 33.6 Å². The Bertz CT molecular complexity index is 188. The minimum absolute atomic E-state index is 0.126. The Hall–Kier alpha value is -1.04. The molecule has 1 aliphatic rings. The summed E-state index contributed by atoms with van der Waals surface area (Å²) in [6.07, 6.45) is 1.69. The zero-order chi connectivity index (χ0) is 10.3. The smallest absolute Gasteiger partial charge is 0.219 e. The van der Waals surface area contributed by atoms with E-state index in [2.05, 4.69) is 6.07 Å². The number of amides is 1. The van der Waals surface area contributed by atoms with Crippen LogP contribution in [0.5, 0.6) is 0 Å². The topological polar surface area (TPSA) is 44.1 Å². The van der Waals surface area contributed by atoms with E-state index in [4.69, 9.17) is 5.26 Å². The molecule has 3 heteroatoms. The molecule has 0 N–H and O–H groups in total. The number of nitriles is 1. The molecule has 3 nitrogen and oxygen atoms in total. The minimum Gasteiger partial charge on any atom is -0.343 e. The molecule has 0 saturated carbocycles. The van der Waals surface area contributed by atoms with Gasteiger partial charge < -0.3 is 4.90 Å².